The Kier molecular flexibility index (Phi) is 8.63. The zero-order valence-electron chi connectivity index (χ0n) is 22.9. The van der Waals surface area contributed by atoms with Crippen LogP contribution in [0.3, 0.4) is 0 Å². The van der Waals surface area contributed by atoms with Crippen LogP contribution < -0.4 is 11.1 Å². The number of alkyl halides is 1. The second-order valence-corrected chi connectivity index (χ2v) is 12.7. The molecule has 0 saturated heterocycles. The van der Waals surface area contributed by atoms with Gasteiger partial charge in [0.2, 0.25) is 11.7 Å². The molecule has 1 aromatic rings. The number of amides is 2. The van der Waals surface area contributed by atoms with E-state index < -0.39 is 91.6 Å². The number of fused-ring (bicyclic) bond motifs is 3. The lowest BCUT2D eigenvalue weighted by molar-refractivity contribution is -0.162. The average molecular weight is 703 g/mol. The fraction of sp³-hybridized carbons (Fsp3) is 0.481. The topological polar surface area (TPSA) is 211 Å². The minimum Gasteiger partial charge on any atom is -0.510 e. The van der Waals surface area contributed by atoms with Gasteiger partial charge in [-0.1, -0.05) is 35.8 Å². The molecule has 1 aromatic carbocycles. The van der Waals surface area contributed by atoms with Crippen molar-refractivity contribution in [2.45, 2.75) is 55.2 Å². The Bertz CT molecular complexity index is 1420. The number of aromatic hydroxyl groups is 1. The summed E-state index contributed by atoms with van der Waals surface area (Å²) in [5.41, 5.74) is 0.766. The minimum absolute atomic E-state index is 0. The molecule has 7 atom stereocenters. The molecule has 14 heteroatoms. The number of hydrogen-bond donors (Lipinski definition) is 7. The first-order valence-electron chi connectivity index (χ1n) is 12.6. The number of phenols is 1. The van der Waals surface area contributed by atoms with E-state index in [0.29, 0.717) is 12.0 Å². The lowest BCUT2D eigenvalue weighted by Gasteiger charge is -2.53. The molecule has 0 bridgehead atoms. The number of hydrogen-bond acceptors (Lipinski definition) is 10. The lowest BCUT2D eigenvalue weighted by atomic mass is 9.55. The number of phenolic OH excluding ortho intramolecular Hbond substituents is 1. The van der Waals surface area contributed by atoms with Crippen molar-refractivity contribution in [1.29, 1.82) is 0 Å². The van der Waals surface area contributed by atoms with Crippen molar-refractivity contribution < 1.29 is 44.7 Å². The highest BCUT2D eigenvalue weighted by atomic mass is 79.9. The third-order valence-electron chi connectivity index (χ3n) is 8.52. The van der Waals surface area contributed by atoms with Crippen LogP contribution in [0.25, 0.3) is 0 Å². The SMILES string of the molecule is Br.CCC(C)(Br)C(=O)Nc1ccc2c(c1O)C(=O)C1=C(O)[C@]3(O)C(=O)C(C(N)=O)=C(O)[C@@H](N(C)C)C3C(O)C1C2C. The quantitative estimate of drug-likeness (QED) is 0.134. The third kappa shape index (κ3) is 4.51. The molecule has 3 aliphatic carbocycles. The number of likely N-dealkylation sites (N-methyl/N-ethyl adjacent to an activating group) is 1. The Balaban J connectivity index is 0.00000462. The maximum atomic E-state index is 13.9. The van der Waals surface area contributed by atoms with E-state index in [1.165, 1.54) is 31.1 Å². The van der Waals surface area contributed by atoms with Gasteiger partial charge in [-0.3, -0.25) is 24.1 Å². The summed E-state index contributed by atoms with van der Waals surface area (Å²) in [5, 5.41) is 59.3. The summed E-state index contributed by atoms with van der Waals surface area (Å²) in [7, 11) is 2.93. The van der Waals surface area contributed by atoms with Crippen molar-refractivity contribution in [2.24, 2.45) is 17.6 Å². The Morgan fingerprint density at radius 1 is 1.20 bits per heavy atom. The highest BCUT2D eigenvalue weighted by Crippen LogP contribution is 2.56. The van der Waals surface area contributed by atoms with Crippen LogP contribution in [-0.2, 0) is 14.4 Å². The smallest absolute Gasteiger partial charge is 0.255 e. The van der Waals surface area contributed by atoms with Gasteiger partial charge in [0, 0.05) is 11.5 Å². The van der Waals surface area contributed by atoms with Gasteiger partial charge in [0.1, 0.15) is 21.4 Å². The molecule has 3 aliphatic rings. The summed E-state index contributed by atoms with van der Waals surface area (Å²) >= 11 is 3.32. The maximum absolute atomic E-state index is 13.9. The van der Waals surface area contributed by atoms with Gasteiger partial charge in [0.25, 0.3) is 5.91 Å². The van der Waals surface area contributed by atoms with Gasteiger partial charge < -0.3 is 36.6 Å². The molecular formula is C27H33Br2N3O9. The van der Waals surface area contributed by atoms with Crippen molar-refractivity contribution >= 4 is 62.0 Å². The second kappa shape index (κ2) is 10.8. The molecule has 5 unspecified atom stereocenters. The number of nitrogens with one attached hydrogen (secondary N) is 1. The number of ketones is 2. The number of aliphatic hydroxyl groups excluding tert-OH is 3. The molecule has 0 aromatic heterocycles. The van der Waals surface area contributed by atoms with E-state index in [4.69, 9.17) is 5.73 Å². The summed E-state index contributed by atoms with van der Waals surface area (Å²) in [5.74, 6) is -10.3. The van der Waals surface area contributed by atoms with Gasteiger partial charge in [-0.05, 0) is 45.0 Å². The molecule has 12 nitrogen and oxygen atoms in total. The maximum Gasteiger partial charge on any atom is 0.255 e. The predicted octanol–water partition coefficient (Wildman–Crippen LogP) is 1.73. The van der Waals surface area contributed by atoms with Gasteiger partial charge in [0.05, 0.1) is 29.3 Å². The molecule has 224 valence electrons. The fourth-order valence-corrected chi connectivity index (χ4v) is 6.24. The van der Waals surface area contributed by atoms with Gasteiger partial charge >= 0.3 is 0 Å². The number of nitrogens with two attached hydrogens (primary N) is 1. The van der Waals surface area contributed by atoms with Gasteiger partial charge in [-0.25, -0.2) is 0 Å². The van der Waals surface area contributed by atoms with E-state index in [0.717, 1.165) is 0 Å². The Hall–Kier alpha value is -2.78. The predicted molar refractivity (Wildman–Crippen MR) is 156 cm³/mol. The summed E-state index contributed by atoms with van der Waals surface area (Å²) in [6, 6.07) is 1.58. The number of anilines is 1. The van der Waals surface area contributed by atoms with Crippen molar-refractivity contribution in [3.05, 3.63) is 45.9 Å². The highest BCUT2D eigenvalue weighted by molar-refractivity contribution is 9.10. The number of nitrogens with zero attached hydrogens (tertiary/aromatic N) is 1. The molecule has 0 radical (unpaired) electrons. The van der Waals surface area contributed by atoms with E-state index in [9.17, 15) is 44.7 Å². The van der Waals surface area contributed by atoms with Gasteiger partial charge in [-0.15, -0.1) is 17.0 Å². The standard InChI is InChI=1S/C27H32BrN3O9.BrH/c1-6-26(3,28)25(39)30-11-8-7-10-9(2)12-14(19(33)13(10)18(11)32)22(36)27(40)16(20(12)34)17(31(4)5)21(35)15(23(27)37)24(29)38;/h7-9,12,16-17,20,32,34-36,40H,6H2,1-5H3,(H2,29,38)(H,30,39);1H/t9?,12?,16?,17-,20?,26?,27-;/m0./s1. The zero-order valence-corrected chi connectivity index (χ0v) is 26.2. The number of carbonyl (C=O) groups is 4. The van der Waals surface area contributed by atoms with Crippen molar-refractivity contribution in [3.8, 4) is 5.75 Å². The van der Waals surface area contributed by atoms with Crippen LogP contribution in [0, 0.1) is 11.8 Å². The number of aliphatic hydroxyl groups is 4. The van der Waals surface area contributed by atoms with Crippen LogP contribution in [0.1, 0.15) is 49.0 Å². The highest BCUT2D eigenvalue weighted by Gasteiger charge is 2.67. The normalized spacial score (nSPS) is 30.6. The van der Waals surface area contributed by atoms with Gasteiger partial charge in [0.15, 0.2) is 17.1 Å². The zero-order chi connectivity index (χ0) is 30.2. The largest absolute Gasteiger partial charge is 0.510 e. The van der Waals surface area contributed by atoms with E-state index in [2.05, 4.69) is 21.2 Å². The monoisotopic (exact) mass is 701 g/mol. The first-order valence-corrected chi connectivity index (χ1v) is 13.4. The Labute approximate surface area is 254 Å². The van der Waals surface area contributed by atoms with Gasteiger partial charge in [-0.2, -0.15) is 0 Å². The summed E-state index contributed by atoms with van der Waals surface area (Å²) < 4.78 is -0.966. The molecule has 0 aliphatic heterocycles. The van der Waals surface area contributed by atoms with E-state index in [-0.39, 0.29) is 28.2 Å². The molecule has 0 spiro atoms. The van der Waals surface area contributed by atoms with Crippen LogP contribution in [0.15, 0.2) is 34.8 Å². The molecule has 4 rings (SSSR count). The molecule has 41 heavy (non-hydrogen) atoms. The fourth-order valence-electron chi connectivity index (χ4n) is 6.14. The third-order valence-corrected chi connectivity index (χ3v) is 9.44. The Morgan fingerprint density at radius 2 is 1.78 bits per heavy atom. The van der Waals surface area contributed by atoms with Crippen molar-refractivity contribution in [1.82, 2.24) is 4.90 Å². The van der Waals surface area contributed by atoms with E-state index in [1.807, 2.05) is 0 Å². The van der Waals surface area contributed by atoms with Crippen LogP contribution in [0.2, 0.25) is 0 Å². The van der Waals surface area contributed by atoms with Crippen molar-refractivity contribution in [3.63, 3.8) is 0 Å². The lowest BCUT2D eigenvalue weighted by Crippen LogP contribution is -2.68. The van der Waals surface area contributed by atoms with Crippen LogP contribution in [-0.4, -0.2) is 90.0 Å². The Morgan fingerprint density at radius 3 is 2.29 bits per heavy atom. The first kappa shape index (κ1) is 32.7. The summed E-state index contributed by atoms with van der Waals surface area (Å²) in [6.45, 7) is 5.04. The van der Waals surface area contributed by atoms with E-state index >= 15 is 0 Å². The minimum atomic E-state index is -3.00. The number of Topliss-reactive ketones (excluding diaryl/α,β-unsaturated/α-hetero) is 2. The molecule has 2 amide bonds. The first-order chi connectivity index (χ1) is 18.4. The average Bonchev–Trinajstić information content (AvgIpc) is 2.87. The van der Waals surface area contributed by atoms with E-state index in [1.54, 1.807) is 20.8 Å². The number of rotatable bonds is 5. The van der Waals surface area contributed by atoms with Crippen LogP contribution in [0.4, 0.5) is 5.69 Å². The van der Waals surface area contributed by atoms with Crippen LogP contribution >= 0.6 is 32.9 Å². The number of halogens is 2. The second-order valence-electron chi connectivity index (χ2n) is 11.0. The van der Waals surface area contributed by atoms with Crippen molar-refractivity contribution in [2.75, 3.05) is 19.4 Å². The molecule has 0 fully saturated rings. The molecular weight excluding hydrogens is 670 g/mol. The number of primary amides is 1. The molecule has 0 saturated carbocycles. The molecule has 8 N–H and O–H groups in total. The summed E-state index contributed by atoms with van der Waals surface area (Å²) in [4.78, 5) is 53.5. The summed E-state index contributed by atoms with van der Waals surface area (Å²) in [6.07, 6.45) is -1.27. The van der Waals surface area contributed by atoms with Crippen LogP contribution in [0.5, 0.6) is 5.75 Å². The molecule has 0 heterocycles. The number of benzene rings is 1. The number of carbonyl (C=O) groups excluding carboxylic acids is 4.